The van der Waals surface area contributed by atoms with Crippen LogP contribution in [0.1, 0.15) is 11.4 Å². The molecule has 0 amide bonds. The number of aromatic nitrogens is 2. The Balaban J connectivity index is 2.68. The zero-order valence-electron chi connectivity index (χ0n) is 8.58. The highest BCUT2D eigenvalue weighted by Gasteiger charge is 2.02. The lowest BCUT2D eigenvalue weighted by molar-refractivity contribution is 0.870. The second-order valence-corrected chi connectivity index (χ2v) is 3.57. The highest BCUT2D eigenvalue weighted by Crippen LogP contribution is 2.09. The van der Waals surface area contributed by atoms with Crippen molar-refractivity contribution in [1.29, 1.82) is 0 Å². The van der Waals surface area contributed by atoms with Crippen LogP contribution in [-0.4, -0.2) is 16.5 Å². The third-order valence-corrected chi connectivity index (χ3v) is 2.29. The molecule has 2 rings (SSSR count). The zero-order chi connectivity index (χ0) is 10.8. The highest BCUT2D eigenvalue weighted by molar-refractivity contribution is 5.78. The van der Waals surface area contributed by atoms with Crippen LogP contribution in [0.3, 0.4) is 0 Å². The lowest BCUT2D eigenvalue weighted by Gasteiger charge is -2.01. The fourth-order valence-corrected chi connectivity index (χ4v) is 1.55. The van der Waals surface area contributed by atoms with Gasteiger partial charge in [-0.05, 0) is 31.2 Å². The first-order valence-electron chi connectivity index (χ1n) is 4.90. The summed E-state index contributed by atoms with van der Waals surface area (Å²) in [4.78, 5) is 18.7. The number of fused-ring (bicyclic) bond motifs is 1. The van der Waals surface area contributed by atoms with Crippen LogP contribution in [-0.2, 0) is 6.42 Å². The van der Waals surface area contributed by atoms with Crippen LogP contribution in [0, 0.1) is 6.92 Å². The minimum Gasteiger partial charge on any atom is -0.330 e. The Hall–Kier alpha value is -1.68. The van der Waals surface area contributed by atoms with Gasteiger partial charge in [-0.15, -0.1) is 0 Å². The van der Waals surface area contributed by atoms with Gasteiger partial charge in [-0.25, -0.2) is 4.98 Å². The monoisotopic (exact) mass is 203 g/mol. The second kappa shape index (κ2) is 3.82. The summed E-state index contributed by atoms with van der Waals surface area (Å²) in [6.07, 6.45) is 0.596. The molecule has 3 N–H and O–H groups in total. The predicted octanol–water partition coefficient (Wildman–Crippen LogP) is 0.733. The normalized spacial score (nSPS) is 10.8. The smallest absolute Gasteiger partial charge is 0.258 e. The second-order valence-electron chi connectivity index (χ2n) is 3.57. The van der Waals surface area contributed by atoms with Gasteiger partial charge in [0.25, 0.3) is 5.56 Å². The van der Waals surface area contributed by atoms with E-state index in [2.05, 4.69) is 9.97 Å². The third-order valence-electron chi connectivity index (χ3n) is 2.29. The van der Waals surface area contributed by atoms with Gasteiger partial charge < -0.3 is 10.7 Å². The van der Waals surface area contributed by atoms with Gasteiger partial charge in [-0.1, -0.05) is 6.07 Å². The number of nitrogens with zero attached hydrogens (tertiary/aromatic N) is 1. The topological polar surface area (TPSA) is 71.8 Å². The number of H-pyrrole nitrogens is 1. The molecule has 4 heteroatoms. The van der Waals surface area contributed by atoms with E-state index in [0.29, 0.717) is 24.2 Å². The standard InChI is InChI=1S/C11H13N3O/c1-7-2-3-8-9(6-7)13-10(4-5-12)14-11(8)15/h2-3,6H,4-5,12H2,1H3,(H,13,14,15). The number of nitrogens with one attached hydrogen (secondary N) is 1. The first kappa shape index (κ1) is 9.86. The molecule has 0 unspecified atom stereocenters. The van der Waals surface area contributed by atoms with Crippen LogP contribution in [0.4, 0.5) is 0 Å². The minimum absolute atomic E-state index is 0.0940. The van der Waals surface area contributed by atoms with Gasteiger partial charge in [0.05, 0.1) is 10.9 Å². The Bertz CT molecular complexity index is 545. The maximum Gasteiger partial charge on any atom is 0.258 e. The van der Waals surface area contributed by atoms with Gasteiger partial charge in [-0.2, -0.15) is 0 Å². The third kappa shape index (κ3) is 1.89. The van der Waals surface area contributed by atoms with E-state index in [0.717, 1.165) is 11.1 Å². The van der Waals surface area contributed by atoms with Crippen molar-refractivity contribution < 1.29 is 0 Å². The molecular formula is C11H13N3O. The molecule has 0 saturated heterocycles. The maximum atomic E-state index is 11.6. The first-order chi connectivity index (χ1) is 7.20. The minimum atomic E-state index is -0.0940. The van der Waals surface area contributed by atoms with Gasteiger partial charge in [-0.3, -0.25) is 4.79 Å². The van der Waals surface area contributed by atoms with Crippen LogP contribution >= 0.6 is 0 Å². The zero-order valence-corrected chi connectivity index (χ0v) is 8.58. The van der Waals surface area contributed by atoms with Gasteiger partial charge in [0.1, 0.15) is 5.82 Å². The number of benzene rings is 1. The number of aryl methyl sites for hydroxylation is 1. The van der Waals surface area contributed by atoms with Crippen molar-refractivity contribution >= 4 is 10.9 Å². The molecule has 2 aromatic rings. The molecule has 0 radical (unpaired) electrons. The molecule has 0 saturated carbocycles. The lowest BCUT2D eigenvalue weighted by atomic mass is 10.2. The van der Waals surface area contributed by atoms with Crippen LogP contribution in [0.5, 0.6) is 0 Å². The van der Waals surface area contributed by atoms with E-state index in [1.54, 1.807) is 6.07 Å². The molecule has 1 aromatic carbocycles. The van der Waals surface area contributed by atoms with E-state index in [-0.39, 0.29) is 5.56 Å². The predicted molar refractivity (Wildman–Crippen MR) is 59.9 cm³/mol. The number of hydrogen-bond acceptors (Lipinski definition) is 3. The molecule has 0 aliphatic heterocycles. The fourth-order valence-electron chi connectivity index (χ4n) is 1.55. The molecule has 1 aromatic heterocycles. The molecule has 1 heterocycles. The summed E-state index contributed by atoms with van der Waals surface area (Å²) in [6.45, 7) is 2.46. The molecule has 0 fully saturated rings. The quantitative estimate of drug-likeness (QED) is 0.756. The Morgan fingerprint density at radius 1 is 1.47 bits per heavy atom. The van der Waals surface area contributed by atoms with Gasteiger partial charge in [0.2, 0.25) is 0 Å². The van der Waals surface area contributed by atoms with E-state index in [9.17, 15) is 4.79 Å². The van der Waals surface area contributed by atoms with E-state index in [4.69, 9.17) is 5.73 Å². The summed E-state index contributed by atoms with van der Waals surface area (Å²) in [5, 5.41) is 0.626. The molecule has 0 spiro atoms. The van der Waals surface area contributed by atoms with Crippen molar-refractivity contribution in [2.45, 2.75) is 13.3 Å². The number of rotatable bonds is 2. The van der Waals surface area contributed by atoms with Crippen molar-refractivity contribution in [3.05, 3.63) is 39.9 Å². The summed E-state index contributed by atoms with van der Waals surface area (Å²) in [5.74, 6) is 0.653. The van der Waals surface area contributed by atoms with Crippen LogP contribution in [0.25, 0.3) is 10.9 Å². The van der Waals surface area contributed by atoms with Gasteiger partial charge >= 0.3 is 0 Å². The van der Waals surface area contributed by atoms with Crippen molar-refractivity contribution in [3.8, 4) is 0 Å². The van der Waals surface area contributed by atoms with Gasteiger partial charge in [0, 0.05) is 6.42 Å². The van der Waals surface area contributed by atoms with Crippen molar-refractivity contribution in [3.63, 3.8) is 0 Å². The summed E-state index contributed by atoms with van der Waals surface area (Å²) in [6, 6.07) is 5.61. The van der Waals surface area contributed by atoms with Crippen LogP contribution in [0.2, 0.25) is 0 Å². The number of nitrogens with two attached hydrogens (primary N) is 1. The summed E-state index contributed by atoms with van der Waals surface area (Å²) < 4.78 is 0. The van der Waals surface area contributed by atoms with Crippen molar-refractivity contribution in [1.82, 2.24) is 9.97 Å². The van der Waals surface area contributed by atoms with E-state index >= 15 is 0 Å². The Morgan fingerprint density at radius 2 is 2.27 bits per heavy atom. The van der Waals surface area contributed by atoms with Gasteiger partial charge in [0.15, 0.2) is 0 Å². The average Bonchev–Trinajstić information content (AvgIpc) is 2.17. The summed E-state index contributed by atoms with van der Waals surface area (Å²) in [7, 11) is 0. The molecule has 4 nitrogen and oxygen atoms in total. The van der Waals surface area contributed by atoms with E-state index in [1.807, 2.05) is 19.1 Å². The molecule has 0 aliphatic rings. The number of hydrogen-bond donors (Lipinski definition) is 2. The molecular weight excluding hydrogens is 190 g/mol. The largest absolute Gasteiger partial charge is 0.330 e. The molecule has 78 valence electrons. The molecule has 0 bridgehead atoms. The molecule has 0 atom stereocenters. The van der Waals surface area contributed by atoms with E-state index < -0.39 is 0 Å². The van der Waals surface area contributed by atoms with E-state index in [1.165, 1.54) is 0 Å². The highest BCUT2D eigenvalue weighted by atomic mass is 16.1. The first-order valence-corrected chi connectivity index (χ1v) is 4.90. The van der Waals surface area contributed by atoms with Crippen molar-refractivity contribution in [2.75, 3.05) is 6.54 Å². The Kier molecular flexibility index (Phi) is 2.51. The summed E-state index contributed by atoms with van der Waals surface area (Å²) in [5.41, 5.74) is 7.16. The van der Waals surface area contributed by atoms with Crippen LogP contribution in [0.15, 0.2) is 23.0 Å². The molecule has 15 heavy (non-hydrogen) atoms. The Morgan fingerprint density at radius 3 is 3.00 bits per heavy atom. The molecule has 0 aliphatic carbocycles. The fraction of sp³-hybridized carbons (Fsp3) is 0.273. The maximum absolute atomic E-state index is 11.6. The Labute approximate surface area is 87.1 Å². The van der Waals surface area contributed by atoms with Crippen molar-refractivity contribution in [2.24, 2.45) is 5.73 Å². The summed E-state index contributed by atoms with van der Waals surface area (Å²) >= 11 is 0. The number of aromatic amines is 1. The lowest BCUT2D eigenvalue weighted by Crippen LogP contribution is -2.15. The SMILES string of the molecule is Cc1ccc2c(=O)[nH]c(CCN)nc2c1. The van der Waals surface area contributed by atoms with Crippen LogP contribution < -0.4 is 11.3 Å². The average molecular weight is 203 g/mol.